The summed E-state index contributed by atoms with van der Waals surface area (Å²) >= 11 is 0. The summed E-state index contributed by atoms with van der Waals surface area (Å²) in [5.41, 5.74) is 8.44. The molecule has 0 aliphatic carbocycles. The number of nitrogens with one attached hydrogen (secondary N) is 3. The van der Waals surface area contributed by atoms with Crippen molar-refractivity contribution in [2.75, 3.05) is 6.54 Å². The molecule has 5 N–H and O–H groups in total. The van der Waals surface area contributed by atoms with E-state index >= 15 is 0 Å². The first-order valence-corrected chi connectivity index (χ1v) is 11.3. The Morgan fingerprint density at radius 1 is 1.00 bits per heavy atom. The number of sulfonamides is 1. The third-order valence-corrected chi connectivity index (χ3v) is 6.31. The van der Waals surface area contributed by atoms with E-state index in [4.69, 9.17) is 5.14 Å². The highest BCUT2D eigenvalue weighted by molar-refractivity contribution is 7.89. The van der Waals surface area contributed by atoms with Gasteiger partial charge in [-0.2, -0.15) is 0 Å². The van der Waals surface area contributed by atoms with E-state index in [1.165, 1.54) is 28.5 Å². The SMILES string of the molecule is NS(=O)(=O)c1ccc(CCNC(=O)C2CC(c3cccc4ccccc34)NN2)cc1. The van der Waals surface area contributed by atoms with Crippen LogP contribution in [0, 0.1) is 0 Å². The Labute approximate surface area is 175 Å². The van der Waals surface area contributed by atoms with Gasteiger partial charge in [0.25, 0.3) is 0 Å². The molecule has 3 aromatic carbocycles. The van der Waals surface area contributed by atoms with Gasteiger partial charge in [-0.05, 0) is 46.9 Å². The summed E-state index contributed by atoms with van der Waals surface area (Å²) in [4.78, 5) is 12.6. The van der Waals surface area contributed by atoms with Crippen molar-refractivity contribution < 1.29 is 13.2 Å². The van der Waals surface area contributed by atoms with Crippen LogP contribution in [0.2, 0.25) is 0 Å². The molecule has 7 nitrogen and oxygen atoms in total. The van der Waals surface area contributed by atoms with Gasteiger partial charge in [-0.25, -0.2) is 24.4 Å². The first-order chi connectivity index (χ1) is 14.4. The molecule has 0 saturated carbocycles. The number of fused-ring (bicyclic) bond motifs is 1. The maximum atomic E-state index is 12.6. The summed E-state index contributed by atoms with van der Waals surface area (Å²) in [6, 6.07) is 20.5. The number of primary sulfonamides is 1. The lowest BCUT2D eigenvalue weighted by Gasteiger charge is -2.13. The number of rotatable bonds is 6. The van der Waals surface area contributed by atoms with E-state index in [0.717, 1.165) is 5.56 Å². The van der Waals surface area contributed by atoms with Crippen molar-refractivity contribution in [3.05, 3.63) is 77.9 Å². The Bertz CT molecular complexity index is 1160. The van der Waals surface area contributed by atoms with Crippen molar-refractivity contribution in [3.63, 3.8) is 0 Å². The number of hydrazine groups is 1. The average Bonchev–Trinajstić information content (AvgIpc) is 3.23. The summed E-state index contributed by atoms with van der Waals surface area (Å²) in [7, 11) is -3.69. The van der Waals surface area contributed by atoms with Gasteiger partial charge in [0.05, 0.1) is 4.90 Å². The lowest BCUT2D eigenvalue weighted by Crippen LogP contribution is -2.43. The molecule has 156 valence electrons. The zero-order chi connectivity index (χ0) is 21.1. The second kappa shape index (κ2) is 8.53. The van der Waals surface area contributed by atoms with Crippen LogP contribution >= 0.6 is 0 Å². The maximum Gasteiger partial charge on any atom is 0.238 e. The van der Waals surface area contributed by atoms with Gasteiger partial charge in [0.1, 0.15) is 6.04 Å². The molecule has 0 spiro atoms. The normalized spacial score (nSPS) is 19.1. The molecule has 2 atom stereocenters. The van der Waals surface area contributed by atoms with E-state index < -0.39 is 10.0 Å². The number of nitrogens with two attached hydrogens (primary N) is 1. The summed E-state index contributed by atoms with van der Waals surface area (Å²) in [6.45, 7) is 0.463. The van der Waals surface area contributed by atoms with E-state index in [2.05, 4.69) is 40.4 Å². The molecular formula is C22H24N4O3S. The molecule has 1 aliphatic rings. The average molecular weight is 425 g/mol. The first-order valence-electron chi connectivity index (χ1n) is 9.80. The zero-order valence-electron chi connectivity index (χ0n) is 16.3. The van der Waals surface area contributed by atoms with Crippen molar-refractivity contribution in [2.45, 2.75) is 29.8 Å². The smallest absolute Gasteiger partial charge is 0.238 e. The van der Waals surface area contributed by atoms with Gasteiger partial charge in [0.15, 0.2) is 0 Å². The van der Waals surface area contributed by atoms with Crippen molar-refractivity contribution in [3.8, 4) is 0 Å². The van der Waals surface area contributed by atoms with Crippen molar-refractivity contribution in [1.82, 2.24) is 16.2 Å². The third-order valence-electron chi connectivity index (χ3n) is 5.38. The molecule has 2 unspecified atom stereocenters. The molecule has 4 rings (SSSR count). The van der Waals surface area contributed by atoms with Crippen molar-refractivity contribution in [2.24, 2.45) is 5.14 Å². The van der Waals surface area contributed by atoms with Crippen molar-refractivity contribution >= 4 is 26.7 Å². The Hall–Kier alpha value is -2.78. The zero-order valence-corrected chi connectivity index (χ0v) is 17.2. The Kier molecular flexibility index (Phi) is 5.83. The summed E-state index contributed by atoms with van der Waals surface area (Å²) < 4.78 is 22.6. The molecule has 1 amide bonds. The second-order valence-electron chi connectivity index (χ2n) is 7.43. The minimum absolute atomic E-state index is 0.0533. The van der Waals surface area contributed by atoms with E-state index in [0.29, 0.717) is 19.4 Å². The lowest BCUT2D eigenvalue weighted by molar-refractivity contribution is -0.122. The molecule has 0 aromatic heterocycles. The van der Waals surface area contributed by atoms with Gasteiger partial charge in [-0.3, -0.25) is 4.79 Å². The standard InChI is InChI=1S/C22H24N4O3S/c23-30(28,29)17-10-8-15(9-11-17)12-13-24-22(27)21-14-20(25-26-21)19-7-3-5-16-4-1-2-6-18(16)19/h1-11,20-21,25-26H,12-14H2,(H,24,27)(H2,23,28,29). The minimum atomic E-state index is -3.69. The van der Waals surface area contributed by atoms with E-state index in [1.807, 2.05) is 18.2 Å². The monoisotopic (exact) mass is 424 g/mol. The Morgan fingerprint density at radius 3 is 2.50 bits per heavy atom. The van der Waals surface area contributed by atoms with Crippen LogP contribution in [0.4, 0.5) is 0 Å². The van der Waals surface area contributed by atoms with Crippen LogP contribution in [0.15, 0.2) is 71.6 Å². The molecule has 1 saturated heterocycles. The molecule has 1 aliphatic heterocycles. The topological polar surface area (TPSA) is 113 Å². The van der Waals surface area contributed by atoms with Crippen LogP contribution in [0.3, 0.4) is 0 Å². The highest BCUT2D eigenvalue weighted by atomic mass is 32.2. The van der Waals surface area contributed by atoms with Crippen LogP contribution in [0.5, 0.6) is 0 Å². The van der Waals surface area contributed by atoms with E-state index in [9.17, 15) is 13.2 Å². The number of hydrogen-bond donors (Lipinski definition) is 4. The molecule has 0 bridgehead atoms. The number of amides is 1. The van der Waals surface area contributed by atoms with Gasteiger partial charge in [0.2, 0.25) is 15.9 Å². The number of carbonyl (C=O) groups excluding carboxylic acids is 1. The van der Waals surface area contributed by atoms with Crippen LogP contribution in [-0.4, -0.2) is 26.9 Å². The minimum Gasteiger partial charge on any atom is -0.354 e. The maximum absolute atomic E-state index is 12.6. The molecule has 3 aromatic rings. The van der Waals surface area contributed by atoms with E-state index in [-0.39, 0.29) is 22.9 Å². The Morgan fingerprint density at radius 2 is 1.73 bits per heavy atom. The first kappa shape index (κ1) is 20.5. The van der Waals surface area contributed by atoms with Crippen LogP contribution < -0.4 is 21.3 Å². The highest BCUT2D eigenvalue weighted by Gasteiger charge is 2.30. The van der Waals surface area contributed by atoms with Gasteiger partial charge >= 0.3 is 0 Å². The fourth-order valence-electron chi connectivity index (χ4n) is 3.79. The molecule has 1 fully saturated rings. The quantitative estimate of drug-likeness (QED) is 0.482. The van der Waals surface area contributed by atoms with Gasteiger partial charge < -0.3 is 5.32 Å². The predicted molar refractivity (Wildman–Crippen MR) is 116 cm³/mol. The third kappa shape index (κ3) is 4.52. The van der Waals surface area contributed by atoms with Gasteiger partial charge in [0, 0.05) is 12.6 Å². The fraction of sp³-hybridized carbons (Fsp3) is 0.227. The molecular weight excluding hydrogens is 400 g/mol. The number of hydrogen-bond acceptors (Lipinski definition) is 5. The number of carbonyl (C=O) groups is 1. The van der Waals surface area contributed by atoms with Crippen molar-refractivity contribution in [1.29, 1.82) is 0 Å². The summed E-state index contributed by atoms with van der Waals surface area (Å²) in [6.07, 6.45) is 1.26. The number of benzene rings is 3. The molecule has 0 radical (unpaired) electrons. The largest absolute Gasteiger partial charge is 0.354 e. The fourth-order valence-corrected chi connectivity index (χ4v) is 4.30. The predicted octanol–water partition coefficient (Wildman–Crippen LogP) is 1.75. The van der Waals surface area contributed by atoms with Gasteiger partial charge in [-0.1, -0.05) is 54.6 Å². The van der Waals surface area contributed by atoms with Crippen LogP contribution in [0.25, 0.3) is 10.8 Å². The Balaban J connectivity index is 1.32. The molecule has 30 heavy (non-hydrogen) atoms. The highest BCUT2D eigenvalue weighted by Crippen LogP contribution is 2.29. The molecule has 1 heterocycles. The van der Waals surface area contributed by atoms with Gasteiger partial charge in [-0.15, -0.1) is 0 Å². The molecule has 8 heteroatoms. The summed E-state index contributed by atoms with van der Waals surface area (Å²) in [5.74, 6) is -0.0635. The van der Waals surface area contributed by atoms with E-state index in [1.54, 1.807) is 12.1 Å². The summed E-state index contributed by atoms with van der Waals surface area (Å²) in [5, 5.41) is 10.4. The van der Waals surface area contributed by atoms with Crippen LogP contribution in [-0.2, 0) is 21.2 Å². The van der Waals surface area contributed by atoms with Crippen LogP contribution in [0.1, 0.15) is 23.6 Å². The second-order valence-corrected chi connectivity index (χ2v) is 8.99. The lowest BCUT2D eigenvalue weighted by atomic mass is 9.96.